The van der Waals surface area contributed by atoms with Gasteiger partial charge in [-0.05, 0) is 38.3 Å². The van der Waals surface area contributed by atoms with E-state index < -0.39 is 5.75 Å². The van der Waals surface area contributed by atoms with E-state index in [1.54, 1.807) is 0 Å². The first-order chi connectivity index (χ1) is 17.2. The molecule has 3 N–H and O–H groups in total. The number of hydrogen-bond donors (Lipinski definition) is 3. The molecule has 0 aliphatic rings. The molecule has 3 nitrogen and oxygen atoms in total. The van der Waals surface area contributed by atoms with Crippen molar-refractivity contribution < 1.29 is 15.3 Å². The van der Waals surface area contributed by atoms with Crippen molar-refractivity contribution in [3.05, 3.63) is 50.9 Å². The van der Waals surface area contributed by atoms with E-state index in [2.05, 4.69) is 73.4 Å². The summed E-state index contributed by atoms with van der Waals surface area (Å²) in [6.45, 7) is 15.2. The highest BCUT2D eigenvalue weighted by Gasteiger charge is 2.19. The van der Waals surface area contributed by atoms with Crippen LogP contribution in [0.2, 0.25) is 0 Å². The number of aromatic hydroxyl groups is 3. The van der Waals surface area contributed by atoms with Crippen molar-refractivity contribution in [1.29, 1.82) is 0 Å². The minimum atomic E-state index is -0.494. The summed E-state index contributed by atoms with van der Waals surface area (Å²) in [4.78, 5) is 0. The van der Waals surface area contributed by atoms with E-state index >= 15 is 0 Å². The van der Waals surface area contributed by atoms with Crippen molar-refractivity contribution in [2.24, 2.45) is 0 Å². The zero-order chi connectivity index (χ0) is 28.2. The van der Waals surface area contributed by atoms with E-state index in [1.807, 2.05) is 43.3 Å². The Labute approximate surface area is 240 Å². The molecule has 0 atom stereocenters. The van der Waals surface area contributed by atoms with Crippen LogP contribution in [-0.2, 0) is 6.42 Å². The largest absolute Gasteiger partial charge is 0.504 e. The van der Waals surface area contributed by atoms with E-state index in [-0.39, 0.29) is 11.5 Å². The molecule has 0 aliphatic heterocycles. The van der Waals surface area contributed by atoms with Crippen LogP contribution in [0.25, 0.3) is 0 Å². The standard InChI is InChI=1S/C8H8Br2O3.C7H16.C6H6.2C5H12/c1-2-3-4(9)5(10)7(12)8(13)6(3)11;1-3-5-7-6-4-2;1-2-4-6-5-3-1;2*1-3-5-4-2/h11-13H,2H2,1H3;3-7H2,1-2H3;1-6H;2*3-5H2,1-2H3. The molecule has 5 heteroatoms. The molecule has 2 aromatic rings. The molecule has 0 radical (unpaired) electrons. The van der Waals surface area contributed by atoms with Crippen LogP contribution in [0.5, 0.6) is 17.2 Å². The SMILES string of the molecule is CCCCC.CCCCC.CCCCCCC.CCc1c(O)c(O)c(O)c(Br)c1Br.c1ccccc1. The van der Waals surface area contributed by atoms with E-state index in [4.69, 9.17) is 0 Å². The van der Waals surface area contributed by atoms with E-state index in [9.17, 15) is 15.3 Å². The van der Waals surface area contributed by atoms with E-state index in [0.717, 1.165) is 0 Å². The van der Waals surface area contributed by atoms with Crippen LogP contribution in [-0.4, -0.2) is 15.3 Å². The molecule has 210 valence electrons. The van der Waals surface area contributed by atoms with Gasteiger partial charge < -0.3 is 15.3 Å². The highest BCUT2D eigenvalue weighted by atomic mass is 79.9. The molecule has 2 aromatic carbocycles. The van der Waals surface area contributed by atoms with Gasteiger partial charge in [0.1, 0.15) is 0 Å². The monoisotopic (exact) mass is 632 g/mol. The van der Waals surface area contributed by atoms with Gasteiger partial charge in [0.15, 0.2) is 11.5 Å². The molecule has 0 fully saturated rings. The number of phenols is 3. The van der Waals surface area contributed by atoms with Gasteiger partial charge in [-0.2, -0.15) is 0 Å². The third-order valence-electron chi connectivity index (χ3n) is 5.04. The Morgan fingerprint density at radius 3 is 1.03 bits per heavy atom. The van der Waals surface area contributed by atoms with Crippen molar-refractivity contribution in [1.82, 2.24) is 0 Å². The third-order valence-corrected chi connectivity index (χ3v) is 7.22. The Bertz CT molecular complexity index is 637. The third kappa shape index (κ3) is 22.0. The molecule has 2 rings (SSSR count). The first kappa shape index (κ1) is 39.3. The summed E-state index contributed by atoms with van der Waals surface area (Å²) < 4.78 is 0.905. The molecule has 0 amide bonds. The van der Waals surface area contributed by atoms with Gasteiger partial charge in [0.25, 0.3) is 0 Å². The van der Waals surface area contributed by atoms with Crippen LogP contribution < -0.4 is 0 Å². The molecular weight excluding hydrogens is 580 g/mol. The number of unbranched alkanes of at least 4 members (excludes halogenated alkanes) is 8. The molecule has 0 bridgehead atoms. The van der Waals surface area contributed by atoms with Crippen molar-refractivity contribution >= 4 is 31.9 Å². The molecule has 0 saturated carbocycles. The molecule has 0 aromatic heterocycles. The summed E-state index contributed by atoms with van der Waals surface area (Å²) in [5.74, 6) is -1.14. The van der Waals surface area contributed by atoms with Gasteiger partial charge >= 0.3 is 0 Å². The molecule has 0 saturated heterocycles. The Balaban J connectivity index is -0.000000406. The van der Waals surface area contributed by atoms with Gasteiger partial charge in [0.2, 0.25) is 5.75 Å². The first-order valence-corrected chi connectivity index (χ1v) is 15.4. The molecule has 0 heterocycles. The maximum atomic E-state index is 9.42. The van der Waals surface area contributed by atoms with Crippen molar-refractivity contribution in [2.45, 2.75) is 126 Å². The summed E-state index contributed by atoms with van der Waals surface area (Å²) in [5.41, 5.74) is 0.558. The lowest BCUT2D eigenvalue weighted by molar-refractivity contribution is 0.363. The average molecular weight is 635 g/mol. The zero-order valence-corrected chi connectivity index (χ0v) is 27.2. The zero-order valence-electron chi connectivity index (χ0n) is 24.0. The lowest BCUT2D eigenvalue weighted by Gasteiger charge is -2.10. The molecule has 0 spiro atoms. The highest BCUT2D eigenvalue weighted by molar-refractivity contribution is 9.13. The van der Waals surface area contributed by atoms with Crippen LogP contribution >= 0.6 is 31.9 Å². The fraction of sp³-hybridized carbons (Fsp3) is 0.613. The Kier molecular flexibility index (Phi) is 32.8. The Morgan fingerprint density at radius 2 is 0.778 bits per heavy atom. The predicted molar refractivity (Wildman–Crippen MR) is 167 cm³/mol. The average Bonchev–Trinajstić information content (AvgIpc) is 2.90. The van der Waals surface area contributed by atoms with Gasteiger partial charge in [-0.25, -0.2) is 0 Å². The van der Waals surface area contributed by atoms with Gasteiger partial charge in [0, 0.05) is 10.0 Å². The van der Waals surface area contributed by atoms with Crippen LogP contribution in [0.1, 0.15) is 125 Å². The van der Waals surface area contributed by atoms with Gasteiger partial charge in [-0.1, -0.05) is 155 Å². The second kappa shape index (κ2) is 30.0. The second-order valence-corrected chi connectivity index (χ2v) is 10.0. The minimum absolute atomic E-state index is 0.282. The maximum Gasteiger partial charge on any atom is 0.201 e. The predicted octanol–water partition coefficient (Wildman–Crippen LogP) is 11.9. The summed E-state index contributed by atoms with van der Waals surface area (Å²) in [6, 6.07) is 12.0. The van der Waals surface area contributed by atoms with E-state index in [0.29, 0.717) is 20.9 Å². The van der Waals surface area contributed by atoms with Crippen molar-refractivity contribution in [3.8, 4) is 17.2 Å². The normalized spacial score (nSPS) is 9.25. The molecule has 0 aliphatic carbocycles. The second-order valence-electron chi connectivity index (χ2n) is 8.43. The van der Waals surface area contributed by atoms with E-state index in [1.165, 1.54) is 70.6 Å². The quantitative estimate of drug-likeness (QED) is 0.190. The smallest absolute Gasteiger partial charge is 0.201 e. The summed E-state index contributed by atoms with van der Waals surface area (Å²) in [5, 5.41) is 28.0. The fourth-order valence-corrected chi connectivity index (χ4v) is 3.87. The summed E-state index contributed by atoms with van der Waals surface area (Å²) in [7, 11) is 0. The van der Waals surface area contributed by atoms with Gasteiger partial charge in [-0.15, -0.1) is 0 Å². The molecule has 36 heavy (non-hydrogen) atoms. The topological polar surface area (TPSA) is 60.7 Å². The van der Waals surface area contributed by atoms with Crippen molar-refractivity contribution in [3.63, 3.8) is 0 Å². The lowest BCUT2D eigenvalue weighted by Crippen LogP contribution is -1.87. The Hall–Kier alpha value is -1.20. The van der Waals surface area contributed by atoms with Crippen LogP contribution in [0.3, 0.4) is 0 Å². The number of benzene rings is 2. The Morgan fingerprint density at radius 1 is 0.444 bits per heavy atom. The lowest BCUT2D eigenvalue weighted by atomic mass is 10.1. The van der Waals surface area contributed by atoms with Crippen LogP contribution in [0.15, 0.2) is 45.3 Å². The molecular formula is C31H54Br2O3. The molecule has 0 unspecified atom stereocenters. The summed E-state index contributed by atoms with van der Waals surface area (Å²) >= 11 is 6.29. The number of phenolic OH excluding ortho intramolecular Hbond substituents is 3. The summed E-state index contributed by atoms with van der Waals surface area (Å²) in [6.07, 6.45) is 15.7. The fourth-order valence-electron chi connectivity index (χ4n) is 2.79. The number of hydrogen-bond acceptors (Lipinski definition) is 3. The minimum Gasteiger partial charge on any atom is -0.504 e. The van der Waals surface area contributed by atoms with Gasteiger partial charge in [-0.3, -0.25) is 0 Å². The van der Waals surface area contributed by atoms with Crippen LogP contribution in [0, 0.1) is 0 Å². The van der Waals surface area contributed by atoms with Gasteiger partial charge in [0.05, 0.1) is 4.47 Å². The maximum absolute atomic E-state index is 9.42. The van der Waals surface area contributed by atoms with Crippen LogP contribution in [0.4, 0.5) is 0 Å². The number of rotatable bonds is 9. The highest BCUT2D eigenvalue weighted by Crippen LogP contribution is 2.48. The first-order valence-electron chi connectivity index (χ1n) is 13.9. The van der Waals surface area contributed by atoms with Crippen molar-refractivity contribution in [2.75, 3.05) is 0 Å². The number of halogens is 2.